The molecule has 0 unspecified atom stereocenters. The maximum Gasteiger partial charge on any atom is 0.341 e. The second-order valence-electron chi connectivity index (χ2n) is 5.19. The Morgan fingerprint density at radius 2 is 1.88 bits per heavy atom. The molecule has 0 saturated heterocycles. The molecule has 0 saturated carbocycles. The van der Waals surface area contributed by atoms with Gasteiger partial charge in [-0.3, -0.25) is 14.9 Å². The molecule has 0 aliphatic heterocycles. The van der Waals surface area contributed by atoms with Crippen molar-refractivity contribution in [3.63, 3.8) is 0 Å². The summed E-state index contributed by atoms with van der Waals surface area (Å²) in [7, 11) is 0. The molecule has 10 heteroatoms. The summed E-state index contributed by atoms with van der Waals surface area (Å²) in [6.45, 7) is 1.26. The Morgan fingerprint density at radius 1 is 1.19 bits per heavy atom. The molecule has 0 aliphatic carbocycles. The number of nitro groups is 1. The molecular weight excluding hydrogens is 352 g/mol. The van der Waals surface area contributed by atoms with Crippen molar-refractivity contribution in [3.8, 4) is 0 Å². The minimum Gasteiger partial charge on any atom is -0.449 e. The van der Waals surface area contributed by atoms with E-state index in [0.29, 0.717) is 0 Å². The first-order chi connectivity index (χ1) is 12.2. The fourth-order valence-corrected chi connectivity index (χ4v) is 1.94. The van der Waals surface area contributed by atoms with Crippen LogP contribution >= 0.6 is 0 Å². The van der Waals surface area contributed by atoms with Crippen molar-refractivity contribution in [3.05, 3.63) is 63.7 Å². The number of carbonyl (C=O) groups is 2. The number of nitrogens with one attached hydrogen (secondary N) is 1. The normalized spacial score (nSPS) is 11.5. The molecule has 0 aromatic heterocycles. The van der Waals surface area contributed by atoms with Gasteiger partial charge in [-0.15, -0.1) is 0 Å². The third-order valence-electron chi connectivity index (χ3n) is 3.31. The number of non-ortho nitro benzene ring substituents is 1. The summed E-state index contributed by atoms with van der Waals surface area (Å²) in [5.74, 6) is -3.97. The number of esters is 1. The number of amides is 1. The van der Waals surface area contributed by atoms with Gasteiger partial charge in [-0.1, -0.05) is 0 Å². The van der Waals surface area contributed by atoms with E-state index in [1.54, 1.807) is 0 Å². The highest BCUT2D eigenvalue weighted by Gasteiger charge is 2.22. The zero-order chi connectivity index (χ0) is 19.4. The largest absolute Gasteiger partial charge is 0.449 e. The van der Waals surface area contributed by atoms with Crippen LogP contribution in [-0.4, -0.2) is 22.9 Å². The minimum absolute atomic E-state index is 0.0216. The zero-order valence-corrected chi connectivity index (χ0v) is 13.4. The van der Waals surface area contributed by atoms with Crippen molar-refractivity contribution in [2.45, 2.75) is 13.0 Å². The number of carbonyl (C=O) groups excluding carboxylic acids is 2. The van der Waals surface area contributed by atoms with Crippen LogP contribution in [0.4, 0.5) is 25.8 Å². The number of rotatable bonds is 5. The van der Waals surface area contributed by atoms with Crippen LogP contribution in [0.25, 0.3) is 0 Å². The summed E-state index contributed by atoms with van der Waals surface area (Å²) in [4.78, 5) is 34.0. The number of nitrogens with zero attached hydrogens (tertiary/aromatic N) is 1. The fourth-order valence-electron chi connectivity index (χ4n) is 1.94. The predicted octanol–water partition coefficient (Wildman–Crippen LogP) is 2.64. The van der Waals surface area contributed by atoms with Gasteiger partial charge in [-0.2, -0.15) is 0 Å². The SMILES string of the molecule is C[C@@H](OC(=O)c1ccc([N+](=O)[O-])cc1N)C(=O)Nc1ccc(F)c(F)c1. The Balaban J connectivity index is 2.05. The van der Waals surface area contributed by atoms with Crippen molar-refractivity contribution in [2.75, 3.05) is 11.1 Å². The highest BCUT2D eigenvalue weighted by atomic mass is 19.2. The Morgan fingerprint density at radius 3 is 2.46 bits per heavy atom. The minimum atomic E-state index is -1.29. The molecule has 0 aliphatic rings. The molecule has 2 aromatic rings. The number of nitro benzene ring substituents is 1. The van der Waals surface area contributed by atoms with Crippen LogP contribution in [0.3, 0.4) is 0 Å². The summed E-state index contributed by atoms with van der Waals surface area (Å²) >= 11 is 0. The molecule has 3 N–H and O–H groups in total. The third kappa shape index (κ3) is 4.29. The summed E-state index contributed by atoms with van der Waals surface area (Å²) in [5.41, 5.74) is 4.93. The highest BCUT2D eigenvalue weighted by molar-refractivity contribution is 5.99. The summed E-state index contributed by atoms with van der Waals surface area (Å²) in [5, 5.41) is 12.9. The summed E-state index contributed by atoms with van der Waals surface area (Å²) in [6.07, 6.45) is -1.29. The molecule has 0 bridgehead atoms. The van der Waals surface area contributed by atoms with Crippen LogP contribution < -0.4 is 11.1 Å². The standard InChI is InChI=1S/C16H13F2N3O5/c1-8(15(22)20-9-2-5-12(17)13(18)6-9)26-16(23)11-4-3-10(21(24)25)7-14(11)19/h2-8H,19H2,1H3,(H,20,22)/t8-/m1/s1. The van der Waals surface area contributed by atoms with Crippen molar-refractivity contribution in [2.24, 2.45) is 0 Å². The molecule has 2 aromatic carbocycles. The quantitative estimate of drug-likeness (QED) is 0.363. The van der Waals surface area contributed by atoms with E-state index < -0.39 is 34.5 Å². The number of anilines is 2. The Hall–Kier alpha value is -3.56. The maximum atomic E-state index is 13.1. The van der Waals surface area contributed by atoms with Crippen LogP contribution in [0.15, 0.2) is 36.4 Å². The summed E-state index contributed by atoms with van der Waals surface area (Å²) < 4.78 is 30.9. The summed E-state index contributed by atoms with van der Waals surface area (Å²) in [6, 6.07) is 5.91. The Kier molecular flexibility index (Phi) is 5.45. The fraction of sp³-hybridized carbons (Fsp3) is 0.125. The zero-order valence-electron chi connectivity index (χ0n) is 13.4. The molecule has 0 heterocycles. The van der Waals surface area contributed by atoms with Crippen molar-refractivity contribution in [1.29, 1.82) is 0 Å². The van der Waals surface area contributed by atoms with Crippen LogP contribution in [0.2, 0.25) is 0 Å². The Labute approximate surface area is 145 Å². The van der Waals surface area contributed by atoms with E-state index in [4.69, 9.17) is 10.5 Å². The first kappa shape index (κ1) is 18.8. The van der Waals surface area contributed by atoms with Crippen LogP contribution in [0, 0.1) is 21.7 Å². The highest BCUT2D eigenvalue weighted by Crippen LogP contribution is 2.21. The molecule has 1 atom stereocenters. The second-order valence-corrected chi connectivity index (χ2v) is 5.19. The van der Waals surface area contributed by atoms with Gasteiger partial charge in [0.05, 0.1) is 16.2 Å². The number of ether oxygens (including phenoxy) is 1. The lowest BCUT2D eigenvalue weighted by Crippen LogP contribution is -2.30. The van der Waals surface area contributed by atoms with Gasteiger partial charge in [0.1, 0.15) is 0 Å². The molecule has 1 amide bonds. The average molecular weight is 365 g/mol. The molecule has 2 rings (SSSR count). The molecule has 26 heavy (non-hydrogen) atoms. The lowest BCUT2D eigenvalue weighted by Gasteiger charge is -2.14. The molecule has 0 spiro atoms. The van der Waals surface area contributed by atoms with Gasteiger partial charge in [0, 0.05) is 23.9 Å². The van der Waals surface area contributed by atoms with Crippen LogP contribution in [-0.2, 0) is 9.53 Å². The number of nitrogens with two attached hydrogens (primary N) is 1. The monoisotopic (exact) mass is 365 g/mol. The van der Waals surface area contributed by atoms with Crippen molar-refractivity contribution >= 4 is 28.9 Å². The molecule has 8 nitrogen and oxygen atoms in total. The van der Waals surface area contributed by atoms with Gasteiger partial charge < -0.3 is 15.8 Å². The lowest BCUT2D eigenvalue weighted by atomic mass is 10.1. The predicted molar refractivity (Wildman–Crippen MR) is 87.4 cm³/mol. The van der Waals surface area contributed by atoms with E-state index in [1.165, 1.54) is 6.92 Å². The van der Waals surface area contributed by atoms with Gasteiger partial charge >= 0.3 is 5.97 Å². The maximum absolute atomic E-state index is 13.1. The van der Waals surface area contributed by atoms with Crippen molar-refractivity contribution in [1.82, 2.24) is 0 Å². The molecule has 0 fully saturated rings. The van der Waals surface area contributed by atoms with Gasteiger partial charge in [-0.25, -0.2) is 13.6 Å². The van der Waals surface area contributed by atoms with E-state index in [-0.39, 0.29) is 22.6 Å². The van der Waals surface area contributed by atoms with E-state index in [1.807, 2.05) is 0 Å². The van der Waals surface area contributed by atoms with Crippen LogP contribution in [0.1, 0.15) is 17.3 Å². The number of benzene rings is 2. The third-order valence-corrected chi connectivity index (χ3v) is 3.31. The molecule has 136 valence electrons. The van der Waals surface area contributed by atoms with Crippen molar-refractivity contribution < 1.29 is 28.0 Å². The van der Waals surface area contributed by atoms with Gasteiger partial charge in [-0.05, 0) is 25.1 Å². The van der Waals surface area contributed by atoms with Gasteiger partial charge in [0.25, 0.3) is 11.6 Å². The van der Waals surface area contributed by atoms with E-state index in [0.717, 1.165) is 36.4 Å². The lowest BCUT2D eigenvalue weighted by molar-refractivity contribution is -0.384. The number of nitrogen functional groups attached to an aromatic ring is 1. The van der Waals surface area contributed by atoms with E-state index in [9.17, 15) is 28.5 Å². The molecular formula is C16H13F2N3O5. The van der Waals surface area contributed by atoms with Gasteiger partial charge in [0.2, 0.25) is 0 Å². The smallest absolute Gasteiger partial charge is 0.341 e. The first-order valence-corrected chi connectivity index (χ1v) is 7.20. The average Bonchev–Trinajstić information content (AvgIpc) is 2.57. The topological polar surface area (TPSA) is 125 Å². The number of hydrogen-bond acceptors (Lipinski definition) is 6. The van der Waals surface area contributed by atoms with E-state index in [2.05, 4.69) is 5.32 Å². The van der Waals surface area contributed by atoms with E-state index >= 15 is 0 Å². The van der Waals surface area contributed by atoms with Gasteiger partial charge in [0.15, 0.2) is 17.7 Å². The second kappa shape index (κ2) is 7.55. The Bertz CT molecular complexity index is 888. The number of halogens is 2. The number of hydrogen-bond donors (Lipinski definition) is 2. The molecule has 0 radical (unpaired) electrons. The van der Waals surface area contributed by atoms with Crippen LogP contribution in [0.5, 0.6) is 0 Å². The first-order valence-electron chi connectivity index (χ1n) is 7.20.